The Labute approximate surface area is 150 Å². The average molecular weight is 343 g/mol. The molecule has 0 bridgehead atoms. The van der Waals surface area contributed by atoms with Gasteiger partial charge in [-0.3, -0.25) is 9.59 Å². The minimum Gasteiger partial charge on any atom is -0.343 e. The number of rotatable bonds is 3. The molecule has 0 saturated carbocycles. The Morgan fingerprint density at radius 1 is 1.12 bits per heavy atom. The summed E-state index contributed by atoms with van der Waals surface area (Å²) in [4.78, 5) is 29.5. The van der Waals surface area contributed by atoms with Crippen LogP contribution in [0.25, 0.3) is 0 Å². The summed E-state index contributed by atoms with van der Waals surface area (Å²) < 4.78 is 0. The number of hydrogen-bond acceptors (Lipinski definition) is 3. The van der Waals surface area contributed by atoms with Gasteiger partial charge in [0.15, 0.2) is 0 Å². The molecule has 2 heterocycles. The molecule has 2 fully saturated rings. The summed E-state index contributed by atoms with van der Waals surface area (Å²) in [6.07, 6.45) is 3.30. The minimum atomic E-state index is -0.169. The van der Waals surface area contributed by atoms with E-state index in [-0.39, 0.29) is 18.4 Å². The van der Waals surface area contributed by atoms with E-state index in [0.717, 1.165) is 43.6 Å². The predicted octanol–water partition coefficient (Wildman–Crippen LogP) is 1.98. The number of likely N-dealkylation sites (tertiary alicyclic amines) is 2. The van der Waals surface area contributed by atoms with E-state index in [1.807, 2.05) is 36.9 Å². The van der Waals surface area contributed by atoms with Crippen molar-refractivity contribution in [1.82, 2.24) is 15.1 Å². The normalized spacial score (nSPS) is 23.9. The standard InChI is InChI=1S/C20H29N3O2/c1-14-9-15(2)11-17(10-14)20(25)21-12-19(24)23-7-4-5-16-13-22(3)8-6-18(16)23/h9-11,16,18H,4-8,12-13H2,1-3H3,(H,21,25). The number of hydrogen-bond donors (Lipinski definition) is 1. The Balaban J connectivity index is 1.59. The van der Waals surface area contributed by atoms with Gasteiger partial charge in [-0.1, -0.05) is 17.2 Å². The fourth-order valence-corrected chi connectivity index (χ4v) is 4.36. The van der Waals surface area contributed by atoms with Gasteiger partial charge in [0.2, 0.25) is 5.91 Å². The maximum atomic E-state index is 12.7. The summed E-state index contributed by atoms with van der Waals surface area (Å²) in [5.41, 5.74) is 2.74. The van der Waals surface area contributed by atoms with E-state index < -0.39 is 0 Å². The number of aryl methyl sites for hydroxylation is 2. The highest BCUT2D eigenvalue weighted by Gasteiger charge is 2.37. The summed E-state index contributed by atoms with van der Waals surface area (Å²) in [5, 5.41) is 2.81. The molecule has 2 aliphatic rings. The van der Waals surface area contributed by atoms with E-state index in [1.165, 1.54) is 6.42 Å². The summed E-state index contributed by atoms with van der Waals surface area (Å²) in [7, 11) is 2.15. The Bertz CT molecular complexity index is 638. The number of amides is 2. The maximum Gasteiger partial charge on any atom is 0.251 e. The third-order valence-corrected chi connectivity index (χ3v) is 5.48. The number of piperidine rings is 2. The summed E-state index contributed by atoms with van der Waals surface area (Å²) in [6, 6.07) is 6.10. The second-order valence-corrected chi connectivity index (χ2v) is 7.67. The molecule has 1 aromatic carbocycles. The van der Waals surface area contributed by atoms with Gasteiger partial charge in [0, 0.05) is 24.7 Å². The van der Waals surface area contributed by atoms with Crippen LogP contribution in [0.15, 0.2) is 18.2 Å². The van der Waals surface area contributed by atoms with Crippen molar-refractivity contribution in [2.75, 3.05) is 33.2 Å². The molecule has 0 spiro atoms. The fourth-order valence-electron chi connectivity index (χ4n) is 4.36. The molecule has 2 aliphatic heterocycles. The van der Waals surface area contributed by atoms with Crippen LogP contribution in [-0.2, 0) is 4.79 Å². The fraction of sp³-hybridized carbons (Fsp3) is 0.600. The van der Waals surface area contributed by atoms with Crippen molar-refractivity contribution in [2.24, 2.45) is 5.92 Å². The van der Waals surface area contributed by atoms with E-state index >= 15 is 0 Å². The SMILES string of the molecule is Cc1cc(C)cc(C(=O)NCC(=O)N2CCCC3CN(C)CCC32)c1. The summed E-state index contributed by atoms with van der Waals surface area (Å²) >= 11 is 0. The molecule has 136 valence electrons. The van der Waals surface area contributed by atoms with Crippen molar-refractivity contribution < 1.29 is 9.59 Å². The van der Waals surface area contributed by atoms with E-state index in [0.29, 0.717) is 17.5 Å². The second kappa shape index (κ2) is 7.56. The van der Waals surface area contributed by atoms with Gasteiger partial charge in [0.05, 0.1) is 6.54 Å². The van der Waals surface area contributed by atoms with Crippen molar-refractivity contribution >= 4 is 11.8 Å². The number of carbonyl (C=O) groups is 2. The topological polar surface area (TPSA) is 52.7 Å². The summed E-state index contributed by atoms with van der Waals surface area (Å²) in [6.45, 7) is 6.98. The van der Waals surface area contributed by atoms with E-state index in [9.17, 15) is 9.59 Å². The Morgan fingerprint density at radius 2 is 1.84 bits per heavy atom. The quantitative estimate of drug-likeness (QED) is 0.913. The van der Waals surface area contributed by atoms with Crippen LogP contribution >= 0.6 is 0 Å². The van der Waals surface area contributed by atoms with E-state index in [2.05, 4.69) is 17.3 Å². The lowest BCUT2D eigenvalue weighted by molar-refractivity contribution is -0.137. The highest BCUT2D eigenvalue weighted by atomic mass is 16.2. The molecule has 5 nitrogen and oxygen atoms in total. The minimum absolute atomic E-state index is 0.0528. The predicted molar refractivity (Wildman–Crippen MR) is 98.6 cm³/mol. The van der Waals surface area contributed by atoms with E-state index in [1.54, 1.807) is 0 Å². The third-order valence-electron chi connectivity index (χ3n) is 5.48. The lowest BCUT2D eigenvalue weighted by atomic mass is 9.84. The van der Waals surface area contributed by atoms with Gasteiger partial charge >= 0.3 is 0 Å². The molecule has 1 aromatic rings. The van der Waals surface area contributed by atoms with Crippen LogP contribution in [0, 0.1) is 19.8 Å². The lowest BCUT2D eigenvalue weighted by Crippen LogP contribution is -2.56. The molecule has 0 aromatic heterocycles. The number of carbonyl (C=O) groups excluding carboxylic acids is 2. The Kier molecular flexibility index (Phi) is 5.42. The monoisotopic (exact) mass is 343 g/mol. The van der Waals surface area contributed by atoms with Gasteiger partial charge in [0.25, 0.3) is 5.91 Å². The third kappa shape index (κ3) is 4.21. The van der Waals surface area contributed by atoms with Crippen molar-refractivity contribution in [3.63, 3.8) is 0 Å². The van der Waals surface area contributed by atoms with Crippen LogP contribution < -0.4 is 5.32 Å². The number of benzene rings is 1. The largest absolute Gasteiger partial charge is 0.343 e. The van der Waals surface area contributed by atoms with Crippen LogP contribution in [0.3, 0.4) is 0 Å². The van der Waals surface area contributed by atoms with Gasteiger partial charge in [-0.25, -0.2) is 0 Å². The number of nitrogens with one attached hydrogen (secondary N) is 1. The lowest BCUT2D eigenvalue weighted by Gasteiger charge is -2.46. The molecule has 2 atom stereocenters. The van der Waals surface area contributed by atoms with Crippen molar-refractivity contribution in [3.8, 4) is 0 Å². The van der Waals surface area contributed by atoms with Crippen LogP contribution in [0.1, 0.15) is 40.7 Å². The van der Waals surface area contributed by atoms with Crippen LogP contribution in [0.5, 0.6) is 0 Å². The second-order valence-electron chi connectivity index (χ2n) is 7.67. The van der Waals surface area contributed by atoms with E-state index in [4.69, 9.17) is 0 Å². The average Bonchev–Trinajstić information content (AvgIpc) is 2.57. The molecule has 0 radical (unpaired) electrons. The first-order valence-electron chi connectivity index (χ1n) is 9.28. The first-order valence-corrected chi connectivity index (χ1v) is 9.28. The number of nitrogens with zero attached hydrogens (tertiary/aromatic N) is 2. The molecule has 0 aliphatic carbocycles. The first-order chi connectivity index (χ1) is 11.9. The highest BCUT2D eigenvalue weighted by molar-refractivity contribution is 5.96. The molecule has 2 unspecified atom stereocenters. The van der Waals surface area contributed by atoms with Crippen molar-refractivity contribution in [3.05, 3.63) is 34.9 Å². The molecule has 25 heavy (non-hydrogen) atoms. The molecule has 5 heteroatoms. The van der Waals surface area contributed by atoms with Crippen LogP contribution in [0.4, 0.5) is 0 Å². The first kappa shape index (κ1) is 17.9. The van der Waals surface area contributed by atoms with Gasteiger partial charge in [0.1, 0.15) is 0 Å². The molecular weight excluding hydrogens is 314 g/mol. The summed E-state index contributed by atoms with van der Waals surface area (Å²) in [5.74, 6) is 0.459. The highest BCUT2D eigenvalue weighted by Crippen LogP contribution is 2.30. The zero-order valence-corrected chi connectivity index (χ0v) is 15.5. The van der Waals surface area contributed by atoms with Crippen LogP contribution in [0.2, 0.25) is 0 Å². The molecule has 3 rings (SSSR count). The zero-order chi connectivity index (χ0) is 18.0. The van der Waals surface area contributed by atoms with Gasteiger partial charge in [-0.2, -0.15) is 0 Å². The van der Waals surface area contributed by atoms with Crippen molar-refractivity contribution in [1.29, 1.82) is 0 Å². The van der Waals surface area contributed by atoms with Gasteiger partial charge in [-0.05, 0) is 64.8 Å². The number of fused-ring (bicyclic) bond motifs is 1. The smallest absolute Gasteiger partial charge is 0.251 e. The Hall–Kier alpha value is -1.88. The Morgan fingerprint density at radius 3 is 2.56 bits per heavy atom. The zero-order valence-electron chi connectivity index (χ0n) is 15.5. The van der Waals surface area contributed by atoms with Crippen LogP contribution in [-0.4, -0.2) is 60.9 Å². The van der Waals surface area contributed by atoms with Gasteiger partial charge < -0.3 is 15.1 Å². The van der Waals surface area contributed by atoms with Crippen molar-refractivity contribution in [2.45, 2.75) is 39.2 Å². The molecule has 1 N–H and O–H groups in total. The molecular formula is C20H29N3O2. The van der Waals surface area contributed by atoms with Gasteiger partial charge in [-0.15, -0.1) is 0 Å². The molecule has 2 saturated heterocycles. The maximum absolute atomic E-state index is 12.7. The molecule has 2 amide bonds.